The Morgan fingerprint density at radius 3 is 2.72 bits per heavy atom. The molecule has 0 aliphatic carbocycles. The van der Waals surface area contributed by atoms with E-state index in [9.17, 15) is 4.39 Å². The number of hydrogen-bond acceptors (Lipinski definition) is 5. The van der Waals surface area contributed by atoms with Crippen LogP contribution in [0.15, 0.2) is 22.7 Å². The largest absolute Gasteiger partial charge is 0.467 e. The molecule has 0 amide bonds. The lowest BCUT2D eigenvalue weighted by atomic mass is 10.2. The molecule has 1 aromatic carbocycles. The lowest BCUT2D eigenvalue weighted by molar-refractivity contribution is 0.379. The third kappa shape index (κ3) is 2.56. The molecule has 1 N–H and O–H groups in total. The van der Waals surface area contributed by atoms with E-state index in [1.165, 1.54) is 13.2 Å². The Balaban J connectivity index is 2.58. The number of halogens is 2. The fraction of sp³-hybridized carbons (Fsp3) is 0.182. The van der Waals surface area contributed by atoms with Gasteiger partial charge in [-0.3, -0.25) is 0 Å². The number of hydrogen-bond donors (Lipinski definition) is 1. The van der Waals surface area contributed by atoms with Crippen molar-refractivity contribution in [3.8, 4) is 17.4 Å². The molecule has 2 aromatic rings. The van der Waals surface area contributed by atoms with E-state index in [1.54, 1.807) is 19.2 Å². The molecule has 0 aliphatic rings. The van der Waals surface area contributed by atoms with Gasteiger partial charge < -0.3 is 10.1 Å². The number of nitrogens with zero attached hydrogens (tertiary/aromatic N) is 3. The molecule has 0 bridgehead atoms. The second kappa shape index (κ2) is 5.26. The SMILES string of the molecule is CNc1nc(OC)nc(-c2cc(Br)ccc2F)n1. The zero-order chi connectivity index (χ0) is 13.1. The highest BCUT2D eigenvalue weighted by molar-refractivity contribution is 9.10. The van der Waals surface area contributed by atoms with Crippen LogP contribution in [0.4, 0.5) is 10.3 Å². The molecule has 0 saturated carbocycles. The molecule has 7 heteroatoms. The van der Waals surface area contributed by atoms with E-state index in [-0.39, 0.29) is 17.4 Å². The van der Waals surface area contributed by atoms with Crippen molar-refractivity contribution in [2.24, 2.45) is 0 Å². The minimum absolute atomic E-state index is 0.128. The lowest BCUT2D eigenvalue weighted by Gasteiger charge is -2.06. The Bertz CT molecular complexity index is 557. The normalized spacial score (nSPS) is 10.2. The number of benzene rings is 1. The summed E-state index contributed by atoms with van der Waals surface area (Å²) in [6, 6.07) is 4.68. The second-order valence-electron chi connectivity index (χ2n) is 3.34. The summed E-state index contributed by atoms with van der Waals surface area (Å²) >= 11 is 3.28. The van der Waals surface area contributed by atoms with Crippen LogP contribution in [-0.2, 0) is 0 Å². The molecule has 1 aromatic heterocycles. The first-order chi connectivity index (χ1) is 8.63. The van der Waals surface area contributed by atoms with Gasteiger partial charge in [-0.05, 0) is 18.2 Å². The minimum atomic E-state index is -0.409. The van der Waals surface area contributed by atoms with Gasteiger partial charge in [-0.1, -0.05) is 15.9 Å². The highest BCUT2D eigenvalue weighted by Crippen LogP contribution is 2.25. The van der Waals surface area contributed by atoms with Crippen molar-refractivity contribution in [3.05, 3.63) is 28.5 Å². The predicted molar refractivity (Wildman–Crippen MR) is 69.0 cm³/mol. The first-order valence-corrected chi connectivity index (χ1v) is 5.86. The molecule has 0 unspecified atom stereocenters. The smallest absolute Gasteiger partial charge is 0.321 e. The van der Waals surface area contributed by atoms with Crippen LogP contribution in [0, 0.1) is 5.82 Å². The van der Waals surface area contributed by atoms with Crippen LogP contribution < -0.4 is 10.1 Å². The van der Waals surface area contributed by atoms with Gasteiger partial charge in [0.1, 0.15) is 5.82 Å². The highest BCUT2D eigenvalue weighted by atomic mass is 79.9. The van der Waals surface area contributed by atoms with E-state index in [2.05, 4.69) is 36.2 Å². The number of nitrogens with one attached hydrogen (secondary N) is 1. The summed E-state index contributed by atoms with van der Waals surface area (Å²) in [5, 5.41) is 2.77. The summed E-state index contributed by atoms with van der Waals surface area (Å²) < 4.78 is 19.4. The molecule has 18 heavy (non-hydrogen) atoms. The fourth-order valence-corrected chi connectivity index (χ4v) is 1.71. The summed E-state index contributed by atoms with van der Waals surface area (Å²) in [6.45, 7) is 0. The predicted octanol–water partition coefficient (Wildman–Crippen LogP) is 2.49. The second-order valence-corrected chi connectivity index (χ2v) is 4.26. The van der Waals surface area contributed by atoms with Gasteiger partial charge in [0.2, 0.25) is 5.95 Å². The molecule has 2 rings (SSSR count). The quantitative estimate of drug-likeness (QED) is 0.943. The number of aromatic nitrogens is 3. The Morgan fingerprint density at radius 1 is 1.28 bits per heavy atom. The van der Waals surface area contributed by atoms with E-state index in [0.717, 1.165) is 4.47 Å². The molecule has 0 atom stereocenters. The van der Waals surface area contributed by atoms with Crippen molar-refractivity contribution in [3.63, 3.8) is 0 Å². The maximum Gasteiger partial charge on any atom is 0.321 e. The van der Waals surface area contributed by atoms with Crippen LogP contribution in [-0.4, -0.2) is 29.1 Å². The average molecular weight is 313 g/mol. The van der Waals surface area contributed by atoms with Crippen LogP contribution in [0.25, 0.3) is 11.4 Å². The topological polar surface area (TPSA) is 59.9 Å². The van der Waals surface area contributed by atoms with Gasteiger partial charge in [0.15, 0.2) is 5.82 Å². The van der Waals surface area contributed by atoms with Crippen molar-refractivity contribution >= 4 is 21.9 Å². The molecular formula is C11H10BrFN4O. The van der Waals surface area contributed by atoms with Gasteiger partial charge in [-0.25, -0.2) is 4.39 Å². The summed E-state index contributed by atoms with van der Waals surface area (Å²) in [7, 11) is 3.10. The molecule has 94 valence electrons. The third-order valence-corrected chi connectivity index (χ3v) is 2.68. The van der Waals surface area contributed by atoms with E-state index in [4.69, 9.17) is 4.74 Å². The summed E-state index contributed by atoms with van der Waals surface area (Å²) in [5.41, 5.74) is 0.279. The first-order valence-electron chi connectivity index (χ1n) is 5.07. The first kappa shape index (κ1) is 12.7. The molecule has 5 nitrogen and oxygen atoms in total. The summed E-state index contributed by atoms with van der Waals surface area (Å²) in [4.78, 5) is 12.1. The number of anilines is 1. The van der Waals surface area contributed by atoms with Gasteiger partial charge >= 0.3 is 6.01 Å². The van der Waals surface area contributed by atoms with Crippen LogP contribution in [0.2, 0.25) is 0 Å². The maximum atomic E-state index is 13.7. The zero-order valence-corrected chi connectivity index (χ0v) is 11.3. The van der Waals surface area contributed by atoms with Crippen molar-refractivity contribution < 1.29 is 9.13 Å². The monoisotopic (exact) mass is 312 g/mol. The van der Waals surface area contributed by atoms with Crippen LogP contribution in [0.1, 0.15) is 0 Å². The van der Waals surface area contributed by atoms with Crippen LogP contribution >= 0.6 is 15.9 Å². The molecular weight excluding hydrogens is 303 g/mol. The standard InChI is InChI=1S/C11H10BrFN4O/c1-14-10-15-9(16-11(17-10)18-2)7-5-6(12)3-4-8(7)13/h3-5H,1-2H3,(H,14,15,16,17). The van der Waals surface area contributed by atoms with Crippen molar-refractivity contribution in [2.75, 3.05) is 19.5 Å². The Morgan fingerprint density at radius 2 is 2.06 bits per heavy atom. The van der Waals surface area contributed by atoms with Gasteiger partial charge in [-0.2, -0.15) is 15.0 Å². The molecule has 1 heterocycles. The fourth-order valence-electron chi connectivity index (χ4n) is 1.35. The van der Waals surface area contributed by atoms with Crippen LogP contribution in [0.3, 0.4) is 0 Å². The molecule has 0 saturated heterocycles. The van der Waals surface area contributed by atoms with Crippen LogP contribution in [0.5, 0.6) is 6.01 Å². The van der Waals surface area contributed by atoms with Crippen molar-refractivity contribution in [2.45, 2.75) is 0 Å². The molecule has 0 aliphatic heterocycles. The molecule has 0 radical (unpaired) electrons. The van der Waals surface area contributed by atoms with Crippen molar-refractivity contribution in [1.82, 2.24) is 15.0 Å². The Kier molecular flexibility index (Phi) is 3.71. The molecule has 0 fully saturated rings. The summed E-state index contributed by atoms with van der Waals surface area (Å²) in [6.07, 6.45) is 0. The van der Waals surface area contributed by atoms with Gasteiger partial charge in [0.05, 0.1) is 12.7 Å². The van der Waals surface area contributed by atoms with E-state index >= 15 is 0 Å². The van der Waals surface area contributed by atoms with E-state index in [0.29, 0.717) is 5.95 Å². The number of rotatable bonds is 3. The van der Waals surface area contributed by atoms with Gasteiger partial charge in [-0.15, -0.1) is 0 Å². The minimum Gasteiger partial charge on any atom is -0.467 e. The van der Waals surface area contributed by atoms with Crippen molar-refractivity contribution in [1.29, 1.82) is 0 Å². The Labute approximate surface area is 112 Å². The number of methoxy groups -OCH3 is 1. The van der Waals surface area contributed by atoms with Gasteiger partial charge in [0, 0.05) is 11.5 Å². The van der Waals surface area contributed by atoms with Gasteiger partial charge in [0.25, 0.3) is 0 Å². The third-order valence-electron chi connectivity index (χ3n) is 2.19. The number of ether oxygens (including phenoxy) is 1. The summed E-state index contributed by atoms with van der Waals surface area (Å²) in [5.74, 6) is 0.120. The maximum absolute atomic E-state index is 13.7. The Hall–Kier alpha value is -1.76. The highest BCUT2D eigenvalue weighted by Gasteiger charge is 2.12. The van der Waals surface area contributed by atoms with E-state index in [1.807, 2.05) is 0 Å². The molecule has 0 spiro atoms. The average Bonchev–Trinajstić information content (AvgIpc) is 2.40. The lowest BCUT2D eigenvalue weighted by Crippen LogP contribution is -2.03. The zero-order valence-electron chi connectivity index (χ0n) is 9.74. The van der Waals surface area contributed by atoms with E-state index < -0.39 is 5.82 Å².